The second-order valence-corrected chi connectivity index (χ2v) is 6.28. The largest absolute Gasteiger partial charge is 0.416 e. The molecule has 0 aliphatic carbocycles. The minimum absolute atomic E-state index is 0.0318. The van der Waals surface area contributed by atoms with Crippen molar-refractivity contribution in [3.63, 3.8) is 0 Å². The first-order valence-electron chi connectivity index (χ1n) is 8.34. The van der Waals surface area contributed by atoms with Crippen LogP contribution in [-0.2, 0) is 12.6 Å². The molecule has 0 spiro atoms. The molecule has 2 N–H and O–H groups in total. The lowest BCUT2D eigenvalue weighted by molar-refractivity contribution is -0.138. The Morgan fingerprint density at radius 3 is 2.50 bits per heavy atom. The van der Waals surface area contributed by atoms with Gasteiger partial charge in [0.15, 0.2) is 0 Å². The number of nitrogens with zero attached hydrogens (tertiary/aromatic N) is 5. The third-order valence-electron chi connectivity index (χ3n) is 4.18. The highest BCUT2D eigenvalue weighted by molar-refractivity contribution is 5.79. The van der Waals surface area contributed by atoms with E-state index >= 15 is 0 Å². The van der Waals surface area contributed by atoms with Crippen LogP contribution in [0.2, 0.25) is 0 Å². The predicted octanol–water partition coefficient (Wildman–Crippen LogP) is 4.38. The minimum atomic E-state index is -4.78. The molecule has 30 heavy (non-hydrogen) atoms. The van der Waals surface area contributed by atoms with Crippen LogP contribution in [0, 0.1) is 0 Å². The molecular weight excluding hydrogens is 416 g/mol. The predicted molar refractivity (Wildman–Crippen MR) is 92.8 cm³/mol. The highest BCUT2D eigenvalue weighted by Crippen LogP contribution is 2.36. The Morgan fingerprint density at radius 1 is 1.03 bits per heavy atom. The number of halogens is 6. The van der Waals surface area contributed by atoms with Crippen molar-refractivity contribution in [1.82, 2.24) is 29.8 Å². The molecule has 0 saturated carbocycles. The number of aromatic amines is 1. The molecule has 0 amide bonds. The molecule has 4 rings (SSSR count). The van der Waals surface area contributed by atoms with Gasteiger partial charge in [0.05, 0.1) is 29.9 Å². The Labute approximate surface area is 163 Å². The summed E-state index contributed by atoms with van der Waals surface area (Å²) in [5, 5.41) is 17.2. The van der Waals surface area contributed by atoms with Gasteiger partial charge >= 0.3 is 12.4 Å². The highest BCUT2D eigenvalue weighted by atomic mass is 19.4. The Balaban J connectivity index is 1.84. The van der Waals surface area contributed by atoms with Gasteiger partial charge in [-0.25, -0.2) is 4.98 Å². The highest BCUT2D eigenvalue weighted by Gasteiger charge is 2.34. The van der Waals surface area contributed by atoms with Gasteiger partial charge in [-0.2, -0.15) is 31.4 Å². The molecule has 7 nitrogen and oxygen atoms in total. The summed E-state index contributed by atoms with van der Waals surface area (Å²) in [5.41, 5.74) is -1.64. The van der Waals surface area contributed by atoms with Crippen LogP contribution >= 0.6 is 0 Å². The summed E-state index contributed by atoms with van der Waals surface area (Å²) in [6.07, 6.45) is -6.89. The van der Waals surface area contributed by atoms with E-state index in [1.807, 2.05) is 0 Å². The quantitative estimate of drug-likeness (QED) is 0.473. The SMILES string of the molecule is FC(F)(F)Cc1cc(C(F)(F)F)ccc1-c1nnc(Nc2ccn[nH]2)n2cncc12. The van der Waals surface area contributed by atoms with Gasteiger partial charge in [0.1, 0.15) is 17.8 Å². The number of fused-ring (bicyclic) bond motifs is 1. The van der Waals surface area contributed by atoms with Crippen LogP contribution in [0.25, 0.3) is 16.8 Å². The maximum Gasteiger partial charge on any atom is 0.416 e. The molecule has 13 heteroatoms. The third kappa shape index (κ3) is 3.90. The number of hydrogen-bond donors (Lipinski definition) is 2. The molecule has 156 valence electrons. The van der Waals surface area contributed by atoms with Crippen LogP contribution in [0.1, 0.15) is 11.1 Å². The normalized spacial score (nSPS) is 12.5. The van der Waals surface area contributed by atoms with E-state index in [0.717, 1.165) is 6.07 Å². The first-order valence-corrected chi connectivity index (χ1v) is 8.34. The van der Waals surface area contributed by atoms with Gasteiger partial charge in [0, 0.05) is 11.6 Å². The topological polar surface area (TPSA) is 83.8 Å². The number of alkyl halides is 6. The van der Waals surface area contributed by atoms with Crippen molar-refractivity contribution in [3.8, 4) is 11.3 Å². The van der Waals surface area contributed by atoms with Gasteiger partial charge in [0.25, 0.3) is 0 Å². The zero-order valence-electron chi connectivity index (χ0n) is 14.8. The van der Waals surface area contributed by atoms with Crippen LogP contribution in [0.3, 0.4) is 0 Å². The lowest BCUT2D eigenvalue weighted by Crippen LogP contribution is -2.15. The van der Waals surface area contributed by atoms with Gasteiger partial charge < -0.3 is 5.32 Å². The standard InChI is InChI=1S/C17H11F6N7/c18-16(19,20)6-9-5-10(17(21,22)23)1-2-11(9)14-12-7-24-8-30(12)15(29-28-14)26-13-3-4-25-27-13/h1-5,7-8H,6H2,(H2,25,26,27,29). The van der Waals surface area contributed by atoms with E-state index in [9.17, 15) is 26.3 Å². The van der Waals surface area contributed by atoms with Crippen LogP contribution in [0.15, 0.2) is 43.0 Å². The van der Waals surface area contributed by atoms with Gasteiger partial charge in [-0.05, 0) is 17.7 Å². The minimum Gasteiger partial charge on any atom is -0.309 e. The molecule has 4 aromatic rings. The van der Waals surface area contributed by atoms with E-state index in [1.54, 1.807) is 6.07 Å². The summed E-state index contributed by atoms with van der Waals surface area (Å²) in [7, 11) is 0. The molecule has 3 aromatic heterocycles. The first kappa shape index (κ1) is 19.7. The lowest BCUT2D eigenvalue weighted by atomic mass is 9.98. The molecule has 0 radical (unpaired) electrons. The van der Waals surface area contributed by atoms with Crippen molar-refractivity contribution in [3.05, 3.63) is 54.1 Å². The molecular formula is C17H11F6N7. The summed E-state index contributed by atoms with van der Waals surface area (Å²) >= 11 is 0. The summed E-state index contributed by atoms with van der Waals surface area (Å²) < 4.78 is 79.6. The Hall–Kier alpha value is -3.64. The number of nitrogens with one attached hydrogen (secondary N) is 2. The van der Waals surface area contributed by atoms with Crippen molar-refractivity contribution < 1.29 is 26.3 Å². The molecule has 0 aliphatic heterocycles. The van der Waals surface area contributed by atoms with E-state index in [-0.39, 0.29) is 22.7 Å². The molecule has 1 aromatic carbocycles. The summed E-state index contributed by atoms with van der Waals surface area (Å²) in [5.74, 6) is 0.652. The number of H-pyrrole nitrogens is 1. The zero-order chi connectivity index (χ0) is 21.5. The number of hydrogen-bond acceptors (Lipinski definition) is 5. The monoisotopic (exact) mass is 427 g/mol. The van der Waals surface area contributed by atoms with E-state index < -0.39 is 29.9 Å². The van der Waals surface area contributed by atoms with Crippen molar-refractivity contribution in [2.75, 3.05) is 5.32 Å². The fourth-order valence-corrected chi connectivity index (χ4v) is 2.92. The Morgan fingerprint density at radius 2 is 1.83 bits per heavy atom. The lowest BCUT2D eigenvalue weighted by Gasteiger charge is -2.16. The van der Waals surface area contributed by atoms with Gasteiger partial charge in [-0.15, -0.1) is 10.2 Å². The second kappa shape index (κ2) is 7.00. The van der Waals surface area contributed by atoms with Crippen molar-refractivity contribution in [2.24, 2.45) is 0 Å². The van der Waals surface area contributed by atoms with E-state index in [4.69, 9.17) is 0 Å². The van der Waals surface area contributed by atoms with Gasteiger partial charge in [0.2, 0.25) is 5.95 Å². The van der Waals surface area contributed by atoms with Crippen molar-refractivity contribution >= 4 is 17.3 Å². The Kier molecular flexibility index (Phi) is 4.59. The fraction of sp³-hybridized carbons (Fsp3) is 0.176. The average Bonchev–Trinajstić information content (AvgIpc) is 3.32. The number of anilines is 2. The van der Waals surface area contributed by atoms with Crippen LogP contribution in [0.5, 0.6) is 0 Å². The third-order valence-corrected chi connectivity index (χ3v) is 4.18. The van der Waals surface area contributed by atoms with Crippen molar-refractivity contribution in [2.45, 2.75) is 18.8 Å². The molecule has 0 bridgehead atoms. The smallest absolute Gasteiger partial charge is 0.309 e. The van der Waals surface area contributed by atoms with E-state index in [2.05, 4.69) is 30.7 Å². The second-order valence-electron chi connectivity index (χ2n) is 6.28. The summed E-state index contributed by atoms with van der Waals surface area (Å²) in [6, 6.07) is 3.76. The van der Waals surface area contributed by atoms with E-state index in [1.165, 1.54) is 23.1 Å². The first-order chi connectivity index (χ1) is 14.1. The Bertz CT molecular complexity index is 1180. The molecule has 0 aliphatic rings. The zero-order valence-corrected chi connectivity index (χ0v) is 14.8. The van der Waals surface area contributed by atoms with Crippen molar-refractivity contribution in [1.29, 1.82) is 0 Å². The van der Waals surface area contributed by atoms with Crippen LogP contribution in [-0.4, -0.2) is 36.0 Å². The number of aromatic nitrogens is 6. The maximum atomic E-state index is 13.0. The van der Waals surface area contributed by atoms with Gasteiger partial charge in [-0.3, -0.25) is 9.50 Å². The molecule has 3 heterocycles. The number of imidazole rings is 1. The molecule has 0 unspecified atom stereocenters. The average molecular weight is 427 g/mol. The van der Waals surface area contributed by atoms with Crippen LogP contribution < -0.4 is 5.32 Å². The maximum absolute atomic E-state index is 13.0. The number of rotatable bonds is 4. The molecule has 0 atom stereocenters. The van der Waals surface area contributed by atoms with Gasteiger partial charge in [-0.1, -0.05) is 6.07 Å². The van der Waals surface area contributed by atoms with E-state index in [0.29, 0.717) is 18.0 Å². The summed E-state index contributed by atoms with van der Waals surface area (Å²) in [4.78, 5) is 3.95. The number of benzene rings is 1. The molecule has 0 saturated heterocycles. The molecule has 0 fully saturated rings. The summed E-state index contributed by atoms with van der Waals surface area (Å²) in [6.45, 7) is 0. The van der Waals surface area contributed by atoms with Crippen LogP contribution in [0.4, 0.5) is 38.1 Å². The fourth-order valence-electron chi connectivity index (χ4n) is 2.92.